The van der Waals surface area contributed by atoms with Crippen LogP contribution in [0.25, 0.3) is 0 Å². The second-order valence-corrected chi connectivity index (χ2v) is 7.40. The Kier molecular flexibility index (Phi) is 7.94. The van der Waals surface area contributed by atoms with Gasteiger partial charge in [-0.3, -0.25) is 0 Å². The number of rotatable bonds is 6. The van der Waals surface area contributed by atoms with E-state index in [-0.39, 0.29) is 36.0 Å². The Bertz CT molecular complexity index is 742. The average molecular weight is 362 g/mol. The molecule has 3 nitrogen and oxygen atoms in total. The second-order valence-electron chi connectivity index (χ2n) is 7.40. The summed E-state index contributed by atoms with van der Waals surface area (Å²) in [6.45, 7) is 11.9. The van der Waals surface area contributed by atoms with Gasteiger partial charge in [-0.1, -0.05) is 43.7 Å². The first-order chi connectivity index (χ1) is 11.6. The standard InChI is InChI=1S/C22H28O3.Na/c1-14(2)18-7-9-19(10-8-18)25-22(6,21(23)24)13-20-16(4)11-15(3)12-17(20)5;/h7-12,14H,13H2,1-6H3,(H,23,24);/q;+1/p-1. The molecule has 134 valence electrons. The van der Waals surface area contributed by atoms with E-state index in [1.807, 2.05) is 45.0 Å². The van der Waals surface area contributed by atoms with Gasteiger partial charge in [0, 0.05) is 6.42 Å². The van der Waals surface area contributed by atoms with E-state index < -0.39 is 11.6 Å². The van der Waals surface area contributed by atoms with Crippen LogP contribution in [-0.4, -0.2) is 11.6 Å². The maximum Gasteiger partial charge on any atom is 1.00 e. The van der Waals surface area contributed by atoms with Gasteiger partial charge in [0.05, 0.1) is 5.97 Å². The van der Waals surface area contributed by atoms with Crippen molar-refractivity contribution in [2.75, 3.05) is 0 Å². The molecule has 2 aromatic carbocycles. The zero-order valence-corrected chi connectivity index (χ0v) is 19.0. The van der Waals surface area contributed by atoms with Crippen molar-refractivity contribution in [3.8, 4) is 5.75 Å². The molecule has 0 spiro atoms. The summed E-state index contributed by atoms with van der Waals surface area (Å²) in [6.07, 6.45) is 0.263. The molecule has 0 N–H and O–H groups in total. The first-order valence-electron chi connectivity index (χ1n) is 8.69. The SMILES string of the molecule is Cc1cc(C)c(CC(C)(Oc2ccc(C(C)C)cc2)C(=O)[O-])c(C)c1.[Na+]. The zero-order chi connectivity index (χ0) is 18.8. The summed E-state index contributed by atoms with van der Waals surface area (Å²) < 4.78 is 5.88. The van der Waals surface area contributed by atoms with E-state index in [4.69, 9.17) is 4.74 Å². The van der Waals surface area contributed by atoms with Gasteiger partial charge in [-0.25, -0.2) is 0 Å². The van der Waals surface area contributed by atoms with Gasteiger partial charge >= 0.3 is 29.6 Å². The molecule has 0 saturated carbocycles. The van der Waals surface area contributed by atoms with Gasteiger partial charge < -0.3 is 14.6 Å². The molecule has 2 aromatic rings. The van der Waals surface area contributed by atoms with Crippen molar-refractivity contribution in [1.29, 1.82) is 0 Å². The van der Waals surface area contributed by atoms with Crippen molar-refractivity contribution in [2.45, 2.75) is 59.5 Å². The quantitative estimate of drug-likeness (QED) is 0.717. The molecule has 1 atom stereocenters. The molecule has 0 amide bonds. The van der Waals surface area contributed by atoms with Crippen LogP contribution in [0.2, 0.25) is 0 Å². The van der Waals surface area contributed by atoms with Gasteiger partial charge in [0.15, 0.2) is 0 Å². The predicted octanol–water partition coefficient (Wildman–Crippen LogP) is 0.869. The fraction of sp³-hybridized carbons (Fsp3) is 0.409. The predicted molar refractivity (Wildman–Crippen MR) is 98.9 cm³/mol. The summed E-state index contributed by atoms with van der Waals surface area (Å²) in [7, 11) is 0. The summed E-state index contributed by atoms with van der Waals surface area (Å²) in [5.41, 5.74) is 4.07. The van der Waals surface area contributed by atoms with Gasteiger partial charge in [-0.05, 0) is 68.0 Å². The minimum absolute atomic E-state index is 0. The molecule has 26 heavy (non-hydrogen) atoms. The van der Waals surface area contributed by atoms with Crippen LogP contribution in [0.3, 0.4) is 0 Å². The molecule has 0 aliphatic rings. The topological polar surface area (TPSA) is 49.4 Å². The van der Waals surface area contributed by atoms with Crippen molar-refractivity contribution in [2.24, 2.45) is 0 Å². The van der Waals surface area contributed by atoms with Crippen LogP contribution < -0.4 is 39.4 Å². The van der Waals surface area contributed by atoms with E-state index in [2.05, 4.69) is 26.0 Å². The molecule has 2 rings (SSSR count). The molecule has 1 unspecified atom stereocenters. The van der Waals surface area contributed by atoms with E-state index in [1.54, 1.807) is 6.92 Å². The molecule has 4 heteroatoms. The number of hydrogen-bond donors (Lipinski definition) is 0. The van der Waals surface area contributed by atoms with E-state index >= 15 is 0 Å². The Morgan fingerprint density at radius 3 is 2.00 bits per heavy atom. The summed E-state index contributed by atoms with van der Waals surface area (Å²) in [4.78, 5) is 11.9. The van der Waals surface area contributed by atoms with Crippen LogP contribution in [0.4, 0.5) is 0 Å². The van der Waals surface area contributed by atoms with Crippen molar-refractivity contribution in [1.82, 2.24) is 0 Å². The van der Waals surface area contributed by atoms with Gasteiger partial charge in [0.25, 0.3) is 0 Å². The van der Waals surface area contributed by atoms with Crippen LogP contribution in [0.5, 0.6) is 5.75 Å². The maximum absolute atomic E-state index is 11.9. The number of carbonyl (C=O) groups is 1. The Morgan fingerprint density at radius 2 is 1.58 bits per heavy atom. The molecule has 0 aliphatic carbocycles. The third-order valence-electron chi connectivity index (χ3n) is 4.68. The van der Waals surface area contributed by atoms with Crippen LogP contribution in [0.15, 0.2) is 36.4 Å². The Balaban J connectivity index is 0.00000338. The van der Waals surface area contributed by atoms with Crippen molar-refractivity contribution >= 4 is 5.97 Å². The van der Waals surface area contributed by atoms with E-state index in [0.29, 0.717) is 11.7 Å². The van der Waals surface area contributed by atoms with Crippen molar-refractivity contribution in [3.05, 3.63) is 64.2 Å². The number of benzene rings is 2. The molecule has 0 radical (unpaired) electrons. The number of carboxylic acids is 1. The summed E-state index contributed by atoms with van der Waals surface area (Å²) in [5.74, 6) is -0.252. The molecule has 0 fully saturated rings. The smallest absolute Gasteiger partial charge is 0.546 e. The number of aryl methyl sites for hydroxylation is 3. The third kappa shape index (κ3) is 5.35. The Labute approximate surface area is 179 Å². The first kappa shape index (κ1) is 22.8. The van der Waals surface area contributed by atoms with Crippen LogP contribution in [0.1, 0.15) is 54.5 Å². The van der Waals surface area contributed by atoms with Crippen molar-refractivity contribution in [3.63, 3.8) is 0 Å². The second kappa shape index (κ2) is 9.07. The first-order valence-corrected chi connectivity index (χ1v) is 8.69. The minimum Gasteiger partial charge on any atom is -0.546 e. The summed E-state index contributed by atoms with van der Waals surface area (Å²) in [6, 6.07) is 11.7. The number of carbonyl (C=O) groups excluding carboxylic acids is 1. The minimum atomic E-state index is -1.43. The van der Waals surface area contributed by atoms with Gasteiger partial charge in [-0.2, -0.15) is 0 Å². The molecule has 0 aliphatic heterocycles. The molecule has 0 bridgehead atoms. The Morgan fingerprint density at radius 1 is 1.08 bits per heavy atom. The van der Waals surface area contributed by atoms with E-state index in [1.165, 1.54) is 11.1 Å². The van der Waals surface area contributed by atoms with Crippen molar-refractivity contribution < 1.29 is 44.2 Å². The van der Waals surface area contributed by atoms with E-state index in [0.717, 1.165) is 16.7 Å². The van der Waals surface area contributed by atoms with Crippen LogP contribution >= 0.6 is 0 Å². The normalized spacial score (nSPS) is 13.0. The number of aliphatic carboxylic acids is 1. The molecule has 0 aromatic heterocycles. The maximum atomic E-state index is 11.9. The third-order valence-corrected chi connectivity index (χ3v) is 4.68. The number of hydrogen-bond acceptors (Lipinski definition) is 3. The number of carboxylic acid groups (broad SMARTS) is 1. The Hall–Kier alpha value is -1.29. The fourth-order valence-electron chi connectivity index (χ4n) is 3.16. The van der Waals surface area contributed by atoms with Crippen LogP contribution in [0, 0.1) is 20.8 Å². The fourth-order valence-corrected chi connectivity index (χ4v) is 3.16. The summed E-state index contributed by atoms with van der Waals surface area (Å²) in [5, 5.41) is 11.9. The monoisotopic (exact) mass is 362 g/mol. The van der Waals surface area contributed by atoms with E-state index in [9.17, 15) is 9.90 Å². The largest absolute Gasteiger partial charge is 1.00 e. The van der Waals surface area contributed by atoms with Gasteiger partial charge in [0.2, 0.25) is 0 Å². The van der Waals surface area contributed by atoms with Gasteiger partial charge in [-0.15, -0.1) is 0 Å². The molecular formula is C22H27NaO3. The molecular weight excluding hydrogens is 335 g/mol. The average Bonchev–Trinajstić information content (AvgIpc) is 2.51. The molecule has 0 heterocycles. The number of ether oxygens (including phenoxy) is 1. The summed E-state index contributed by atoms with van der Waals surface area (Å²) >= 11 is 0. The zero-order valence-electron chi connectivity index (χ0n) is 17.0. The van der Waals surface area contributed by atoms with Gasteiger partial charge in [0.1, 0.15) is 11.4 Å². The van der Waals surface area contributed by atoms with Crippen LogP contribution in [-0.2, 0) is 11.2 Å². The molecule has 0 saturated heterocycles.